The standard InChI is InChI=1S/C11H12N2O4S/c1-7-6-10(14)13(11(7)15)8-2-4-9(5-3-8)18(12,16)17/h2-5,7H,6H2,1H3,(H2,12,16,17)/t7-/m0/s1. The molecule has 1 aliphatic rings. The maximum atomic E-state index is 11.8. The molecule has 2 rings (SSSR count). The van der Waals surface area contributed by atoms with Crippen LogP contribution in [-0.2, 0) is 19.6 Å². The van der Waals surface area contributed by atoms with E-state index in [0.717, 1.165) is 4.90 Å². The fraction of sp³-hybridized carbons (Fsp3) is 0.273. The first-order valence-corrected chi connectivity index (χ1v) is 6.85. The third kappa shape index (κ3) is 2.14. The molecule has 1 aromatic carbocycles. The Morgan fingerprint density at radius 3 is 2.17 bits per heavy atom. The summed E-state index contributed by atoms with van der Waals surface area (Å²) in [5.74, 6) is -0.894. The van der Waals surface area contributed by atoms with Crippen molar-refractivity contribution in [2.24, 2.45) is 11.1 Å². The van der Waals surface area contributed by atoms with Crippen molar-refractivity contribution in [3.8, 4) is 0 Å². The summed E-state index contributed by atoms with van der Waals surface area (Å²) in [5.41, 5.74) is 0.363. The minimum absolute atomic E-state index is 0.0570. The molecule has 0 spiro atoms. The molecule has 0 aliphatic carbocycles. The van der Waals surface area contributed by atoms with Gasteiger partial charge in [0.25, 0.3) is 0 Å². The minimum atomic E-state index is -3.77. The van der Waals surface area contributed by atoms with Gasteiger partial charge in [-0.15, -0.1) is 0 Å². The Balaban J connectivity index is 2.36. The summed E-state index contributed by atoms with van der Waals surface area (Å²) < 4.78 is 22.2. The highest BCUT2D eigenvalue weighted by Gasteiger charge is 2.36. The number of imide groups is 1. The SMILES string of the molecule is C[C@H]1CC(=O)N(c2ccc(S(N)(=O)=O)cc2)C1=O. The first kappa shape index (κ1) is 12.7. The lowest BCUT2D eigenvalue weighted by Crippen LogP contribution is -2.30. The maximum Gasteiger partial charge on any atom is 0.238 e. The lowest BCUT2D eigenvalue weighted by Gasteiger charge is -2.14. The maximum absolute atomic E-state index is 11.8. The third-order valence-corrected chi connectivity index (χ3v) is 3.72. The number of carbonyl (C=O) groups excluding carboxylic acids is 2. The number of benzene rings is 1. The molecule has 96 valence electrons. The number of rotatable bonds is 2. The van der Waals surface area contributed by atoms with Crippen LogP contribution in [0.5, 0.6) is 0 Å². The van der Waals surface area contributed by atoms with Crippen molar-refractivity contribution in [2.75, 3.05) is 4.90 Å². The highest BCUT2D eigenvalue weighted by atomic mass is 32.2. The second kappa shape index (κ2) is 4.18. The highest BCUT2D eigenvalue weighted by Crippen LogP contribution is 2.26. The average molecular weight is 268 g/mol. The molecule has 0 aromatic heterocycles. The Kier molecular flexibility index (Phi) is 2.95. The number of carbonyl (C=O) groups is 2. The summed E-state index contributed by atoms with van der Waals surface area (Å²) in [6, 6.07) is 5.34. The van der Waals surface area contributed by atoms with Gasteiger partial charge in [0.15, 0.2) is 0 Å². The smallest absolute Gasteiger partial charge is 0.238 e. The van der Waals surface area contributed by atoms with E-state index < -0.39 is 10.0 Å². The van der Waals surface area contributed by atoms with Gasteiger partial charge >= 0.3 is 0 Å². The van der Waals surface area contributed by atoms with Gasteiger partial charge in [-0.25, -0.2) is 13.6 Å². The van der Waals surface area contributed by atoms with E-state index in [-0.39, 0.29) is 29.0 Å². The predicted molar refractivity (Wildman–Crippen MR) is 64.1 cm³/mol. The molecule has 1 heterocycles. The first-order chi connectivity index (χ1) is 8.30. The monoisotopic (exact) mass is 268 g/mol. The summed E-state index contributed by atoms with van der Waals surface area (Å²) in [7, 11) is -3.77. The topological polar surface area (TPSA) is 97.5 Å². The molecule has 1 aliphatic heterocycles. The Morgan fingerprint density at radius 1 is 1.22 bits per heavy atom. The third-order valence-electron chi connectivity index (χ3n) is 2.80. The number of nitrogens with two attached hydrogens (primary N) is 1. The molecule has 7 heteroatoms. The van der Waals surface area contributed by atoms with E-state index in [1.807, 2.05) is 0 Å². The van der Waals surface area contributed by atoms with E-state index in [1.54, 1.807) is 6.92 Å². The average Bonchev–Trinajstić information content (AvgIpc) is 2.52. The molecule has 1 aromatic rings. The molecule has 2 N–H and O–H groups in total. The zero-order valence-corrected chi connectivity index (χ0v) is 10.5. The summed E-state index contributed by atoms with van der Waals surface area (Å²) in [5, 5.41) is 4.96. The lowest BCUT2D eigenvalue weighted by atomic mass is 10.1. The van der Waals surface area contributed by atoms with E-state index in [0.29, 0.717) is 5.69 Å². The largest absolute Gasteiger partial charge is 0.274 e. The van der Waals surface area contributed by atoms with Crippen molar-refractivity contribution >= 4 is 27.5 Å². The number of nitrogens with zero attached hydrogens (tertiary/aromatic N) is 1. The van der Waals surface area contributed by atoms with Crippen LogP contribution in [0.2, 0.25) is 0 Å². The van der Waals surface area contributed by atoms with Crippen LogP contribution in [0.25, 0.3) is 0 Å². The van der Waals surface area contributed by atoms with Crippen LogP contribution in [0, 0.1) is 5.92 Å². The molecule has 6 nitrogen and oxygen atoms in total. The Bertz CT molecular complexity index is 606. The normalized spacial score (nSPS) is 20.6. The molecule has 0 unspecified atom stereocenters. The molecule has 2 amide bonds. The van der Waals surface area contributed by atoms with Crippen molar-refractivity contribution in [3.63, 3.8) is 0 Å². The predicted octanol–water partition coefficient (Wildman–Crippen LogP) is 0.233. The number of sulfonamides is 1. The molecule has 1 atom stereocenters. The number of hydrogen-bond donors (Lipinski definition) is 1. The fourth-order valence-corrected chi connectivity index (χ4v) is 2.36. The van der Waals surface area contributed by atoms with Crippen molar-refractivity contribution < 1.29 is 18.0 Å². The zero-order chi connectivity index (χ0) is 13.5. The number of amides is 2. The van der Waals surface area contributed by atoms with Crippen LogP contribution in [0.3, 0.4) is 0 Å². The van der Waals surface area contributed by atoms with E-state index in [4.69, 9.17) is 5.14 Å². The van der Waals surface area contributed by atoms with Crippen LogP contribution >= 0.6 is 0 Å². The zero-order valence-electron chi connectivity index (χ0n) is 9.66. The molecular weight excluding hydrogens is 256 g/mol. The van der Waals surface area contributed by atoms with E-state index >= 15 is 0 Å². The van der Waals surface area contributed by atoms with Gasteiger partial charge in [-0.05, 0) is 24.3 Å². The van der Waals surface area contributed by atoms with Crippen LogP contribution < -0.4 is 10.0 Å². The fourth-order valence-electron chi connectivity index (χ4n) is 1.84. The van der Waals surface area contributed by atoms with Gasteiger partial charge < -0.3 is 0 Å². The van der Waals surface area contributed by atoms with Gasteiger partial charge in [0.2, 0.25) is 21.8 Å². The van der Waals surface area contributed by atoms with Crippen LogP contribution in [0.1, 0.15) is 13.3 Å². The van der Waals surface area contributed by atoms with Gasteiger partial charge in [-0.1, -0.05) is 6.92 Å². The summed E-state index contributed by atoms with van der Waals surface area (Å²) in [6.45, 7) is 1.68. The molecule has 0 saturated carbocycles. The summed E-state index contributed by atoms with van der Waals surface area (Å²) in [6.07, 6.45) is 0.176. The van der Waals surface area contributed by atoms with Gasteiger partial charge in [0.1, 0.15) is 0 Å². The molecule has 0 radical (unpaired) electrons. The summed E-state index contributed by atoms with van der Waals surface area (Å²) >= 11 is 0. The van der Waals surface area contributed by atoms with Crippen molar-refractivity contribution in [2.45, 2.75) is 18.2 Å². The van der Waals surface area contributed by atoms with Gasteiger partial charge in [0.05, 0.1) is 10.6 Å². The van der Waals surface area contributed by atoms with Crippen molar-refractivity contribution in [1.82, 2.24) is 0 Å². The Morgan fingerprint density at radius 2 is 1.78 bits per heavy atom. The number of hydrogen-bond acceptors (Lipinski definition) is 4. The van der Waals surface area contributed by atoms with Crippen molar-refractivity contribution in [3.05, 3.63) is 24.3 Å². The molecular formula is C11H12N2O4S. The van der Waals surface area contributed by atoms with Crippen LogP contribution in [0.4, 0.5) is 5.69 Å². The minimum Gasteiger partial charge on any atom is -0.274 e. The molecule has 18 heavy (non-hydrogen) atoms. The number of anilines is 1. The number of primary sulfonamides is 1. The lowest BCUT2D eigenvalue weighted by molar-refractivity contribution is -0.122. The second-order valence-electron chi connectivity index (χ2n) is 4.21. The van der Waals surface area contributed by atoms with Gasteiger partial charge in [-0.3, -0.25) is 14.5 Å². The van der Waals surface area contributed by atoms with Crippen LogP contribution in [-0.4, -0.2) is 20.2 Å². The van der Waals surface area contributed by atoms with E-state index in [2.05, 4.69) is 0 Å². The first-order valence-electron chi connectivity index (χ1n) is 5.30. The summed E-state index contributed by atoms with van der Waals surface area (Å²) in [4.78, 5) is 24.4. The molecule has 0 bridgehead atoms. The van der Waals surface area contributed by atoms with Crippen molar-refractivity contribution in [1.29, 1.82) is 0 Å². The van der Waals surface area contributed by atoms with Gasteiger partial charge in [-0.2, -0.15) is 0 Å². The quantitative estimate of drug-likeness (QED) is 0.776. The Hall–Kier alpha value is -1.73. The Labute approximate surface area is 104 Å². The molecule has 1 saturated heterocycles. The molecule has 1 fully saturated rings. The van der Waals surface area contributed by atoms with Gasteiger partial charge in [0, 0.05) is 12.3 Å². The van der Waals surface area contributed by atoms with E-state index in [9.17, 15) is 18.0 Å². The van der Waals surface area contributed by atoms with Crippen LogP contribution in [0.15, 0.2) is 29.2 Å². The highest BCUT2D eigenvalue weighted by molar-refractivity contribution is 7.89. The van der Waals surface area contributed by atoms with E-state index in [1.165, 1.54) is 24.3 Å². The second-order valence-corrected chi connectivity index (χ2v) is 5.77.